The molecule has 6 heteroatoms. The van der Waals surface area contributed by atoms with Gasteiger partial charge in [0.2, 0.25) is 5.91 Å². The van der Waals surface area contributed by atoms with Crippen molar-refractivity contribution in [1.29, 1.82) is 0 Å². The predicted molar refractivity (Wildman–Crippen MR) is 78.9 cm³/mol. The van der Waals surface area contributed by atoms with E-state index < -0.39 is 15.4 Å². The molecule has 5 nitrogen and oxygen atoms in total. The molecule has 0 saturated heterocycles. The molecule has 0 bridgehead atoms. The van der Waals surface area contributed by atoms with Gasteiger partial charge in [0.25, 0.3) is 0 Å². The summed E-state index contributed by atoms with van der Waals surface area (Å²) < 4.78 is 23.6. The third kappa shape index (κ3) is 4.45. The van der Waals surface area contributed by atoms with E-state index >= 15 is 0 Å². The van der Waals surface area contributed by atoms with Crippen LogP contribution in [0.2, 0.25) is 0 Å². The molecule has 0 aromatic rings. The molecule has 3 N–H and O–H groups in total. The summed E-state index contributed by atoms with van der Waals surface area (Å²) in [6, 6.07) is 0. The van der Waals surface area contributed by atoms with Crippen molar-refractivity contribution in [3.63, 3.8) is 0 Å². The second-order valence-corrected chi connectivity index (χ2v) is 8.88. The molecule has 0 radical (unpaired) electrons. The van der Waals surface area contributed by atoms with Crippen molar-refractivity contribution in [3.8, 4) is 0 Å². The molecular formula is C14H26N2O3S. The van der Waals surface area contributed by atoms with Gasteiger partial charge in [-0.1, -0.05) is 12.8 Å². The van der Waals surface area contributed by atoms with Crippen LogP contribution in [-0.2, 0) is 14.6 Å². The minimum Gasteiger partial charge on any atom is -0.355 e. The minimum atomic E-state index is -3.02. The first-order valence-electron chi connectivity index (χ1n) is 7.57. The summed E-state index contributed by atoms with van der Waals surface area (Å²) in [6.07, 6.45) is 5.79. The quantitative estimate of drug-likeness (QED) is 0.760. The summed E-state index contributed by atoms with van der Waals surface area (Å²) in [6.45, 7) is 2.13. The Morgan fingerprint density at radius 2 is 2.00 bits per heavy atom. The third-order valence-corrected chi connectivity index (χ3v) is 6.28. The van der Waals surface area contributed by atoms with Crippen molar-refractivity contribution in [2.45, 2.75) is 51.0 Å². The van der Waals surface area contributed by atoms with Gasteiger partial charge in [-0.2, -0.15) is 0 Å². The van der Waals surface area contributed by atoms with Crippen molar-refractivity contribution >= 4 is 15.7 Å². The van der Waals surface area contributed by atoms with Crippen molar-refractivity contribution in [2.24, 2.45) is 17.6 Å². The summed E-state index contributed by atoms with van der Waals surface area (Å²) in [4.78, 5) is 12.1. The van der Waals surface area contributed by atoms with E-state index in [1.165, 1.54) is 0 Å². The maximum atomic E-state index is 12.1. The molecule has 2 rings (SSSR count). The van der Waals surface area contributed by atoms with Crippen molar-refractivity contribution in [1.82, 2.24) is 5.32 Å². The van der Waals surface area contributed by atoms with Crippen LogP contribution in [0.25, 0.3) is 0 Å². The molecule has 2 aliphatic rings. The number of nitrogens with one attached hydrogen (secondary N) is 1. The van der Waals surface area contributed by atoms with Gasteiger partial charge in [-0.3, -0.25) is 4.79 Å². The third-order valence-electron chi connectivity index (χ3n) is 4.47. The first-order chi connectivity index (χ1) is 9.30. The molecular weight excluding hydrogens is 276 g/mol. The van der Waals surface area contributed by atoms with Crippen molar-refractivity contribution in [2.75, 3.05) is 18.1 Å². The maximum Gasteiger partial charge on any atom is 0.224 e. The van der Waals surface area contributed by atoms with Gasteiger partial charge in [-0.25, -0.2) is 8.42 Å². The molecule has 2 unspecified atom stereocenters. The standard InChI is InChI=1S/C14H26N2O3S/c1-14(15)7-3-2-4-12(14)13(17)16-8-9-20(18,19)10-11-5-6-11/h11-12H,2-10,15H2,1H3,(H,16,17). The van der Waals surface area contributed by atoms with E-state index in [0.29, 0.717) is 5.92 Å². The number of rotatable bonds is 6. The Bertz CT molecular complexity index is 455. The lowest BCUT2D eigenvalue weighted by atomic mass is 9.74. The van der Waals surface area contributed by atoms with E-state index in [9.17, 15) is 13.2 Å². The minimum absolute atomic E-state index is 0.0449. The summed E-state index contributed by atoms with van der Waals surface area (Å²) in [5.41, 5.74) is 5.71. The topological polar surface area (TPSA) is 89.3 Å². The number of carbonyl (C=O) groups excluding carboxylic acids is 1. The lowest BCUT2D eigenvalue weighted by Crippen LogP contribution is -2.53. The number of nitrogens with two attached hydrogens (primary N) is 1. The number of sulfone groups is 1. The van der Waals surface area contributed by atoms with Gasteiger partial charge in [0, 0.05) is 12.1 Å². The Labute approximate surface area is 121 Å². The lowest BCUT2D eigenvalue weighted by Gasteiger charge is -2.37. The van der Waals surface area contributed by atoms with E-state index in [1.807, 2.05) is 6.92 Å². The van der Waals surface area contributed by atoms with Crippen molar-refractivity contribution in [3.05, 3.63) is 0 Å². The highest BCUT2D eigenvalue weighted by atomic mass is 32.2. The molecule has 0 heterocycles. The lowest BCUT2D eigenvalue weighted by molar-refractivity contribution is -0.127. The Hall–Kier alpha value is -0.620. The molecule has 1 amide bonds. The average molecular weight is 302 g/mol. The second kappa shape index (κ2) is 6.02. The maximum absolute atomic E-state index is 12.1. The van der Waals surface area contributed by atoms with Crippen LogP contribution in [0.5, 0.6) is 0 Å². The Morgan fingerprint density at radius 1 is 1.30 bits per heavy atom. The van der Waals surface area contributed by atoms with Crippen LogP contribution < -0.4 is 11.1 Å². The first kappa shape index (κ1) is 15.8. The van der Waals surface area contributed by atoms with Gasteiger partial charge in [-0.05, 0) is 38.5 Å². The molecule has 2 fully saturated rings. The van der Waals surface area contributed by atoms with Gasteiger partial charge in [0.05, 0.1) is 17.4 Å². The molecule has 2 atom stereocenters. The Balaban J connectivity index is 1.76. The Morgan fingerprint density at radius 3 is 2.60 bits per heavy atom. The fourth-order valence-electron chi connectivity index (χ4n) is 2.97. The van der Waals surface area contributed by atoms with Gasteiger partial charge >= 0.3 is 0 Å². The Kier molecular flexibility index (Phi) is 4.74. The normalized spacial score (nSPS) is 31.0. The largest absolute Gasteiger partial charge is 0.355 e. The molecule has 0 spiro atoms. The van der Waals surface area contributed by atoms with Crippen LogP contribution in [0.15, 0.2) is 0 Å². The summed E-state index contributed by atoms with van der Waals surface area (Å²) in [7, 11) is -3.02. The molecule has 2 saturated carbocycles. The highest BCUT2D eigenvalue weighted by Crippen LogP contribution is 2.32. The first-order valence-corrected chi connectivity index (χ1v) is 9.39. The highest BCUT2D eigenvalue weighted by Gasteiger charge is 2.37. The molecule has 20 heavy (non-hydrogen) atoms. The van der Waals surface area contributed by atoms with E-state index in [4.69, 9.17) is 5.73 Å². The van der Waals surface area contributed by atoms with Crippen LogP contribution in [0.4, 0.5) is 0 Å². The molecule has 0 aromatic heterocycles. The van der Waals surface area contributed by atoms with Crippen LogP contribution in [0.1, 0.15) is 45.4 Å². The van der Waals surface area contributed by atoms with Crippen LogP contribution >= 0.6 is 0 Å². The van der Waals surface area contributed by atoms with E-state index in [0.717, 1.165) is 38.5 Å². The van der Waals surface area contributed by atoms with Gasteiger partial charge in [0.1, 0.15) is 0 Å². The second-order valence-electron chi connectivity index (χ2n) is 6.65. The summed E-state index contributed by atoms with van der Waals surface area (Å²) in [5, 5.41) is 2.76. The van der Waals surface area contributed by atoms with E-state index in [2.05, 4.69) is 5.32 Å². The monoisotopic (exact) mass is 302 g/mol. The zero-order chi connectivity index (χ0) is 14.8. The predicted octanol–water partition coefficient (Wildman–Crippen LogP) is 0.835. The molecule has 116 valence electrons. The van der Waals surface area contributed by atoms with Crippen LogP contribution in [0, 0.1) is 11.8 Å². The van der Waals surface area contributed by atoms with Crippen molar-refractivity contribution < 1.29 is 13.2 Å². The smallest absolute Gasteiger partial charge is 0.224 e. The molecule has 0 aliphatic heterocycles. The van der Waals surface area contributed by atoms with Crippen LogP contribution in [0.3, 0.4) is 0 Å². The zero-order valence-corrected chi connectivity index (χ0v) is 13.0. The average Bonchev–Trinajstić information content (AvgIpc) is 3.11. The van der Waals surface area contributed by atoms with Gasteiger partial charge < -0.3 is 11.1 Å². The highest BCUT2D eigenvalue weighted by molar-refractivity contribution is 7.91. The van der Waals surface area contributed by atoms with Crippen LogP contribution in [-0.4, -0.2) is 37.9 Å². The fourth-order valence-corrected chi connectivity index (χ4v) is 4.60. The van der Waals surface area contributed by atoms with Gasteiger partial charge in [-0.15, -0.1) is 0 Å². The summed E-state index contributed by atoms with van der Waals surface area (Å²) >= 11 is 0. The van der Waals surface area contributed by atoms with E-state index in [-0.39, 0.29) is 29.9 Å². The van der Waals surface area contributed by atoms with E-state index in [1.54, 1.807) is 0 Å². The molecule has 0 aromatic carbocycles. The zero-order valence-electron chi connectivity index (χ0n) is 12.2. The molecule has 2 aliphatic carbocycles. The SMILES string of the molecule is CC1(N)CCCCC1C(=O)NCCS(=O)(=O)CC1CC1. The number of amides is 1. The van der Waals surface area contributed by atoms with Gasteiger partial charge in [0.15, 0.2) is 9.84 Å². The number of hydrogen-bond acceptors (Lipinski definition) is 4. The number of carbonyl (C=O) groups is 1. The number of hydrogen-bond donors (Lipinski definition) is 2. The summed E-state index contributed by atoms with van der Waals surface area (Å²) in [5.74, 6) is 0.407. The fraction of sp³-hybridized carbons (Fsp3) is 0.929.